The van der Waals surface area contributed by atoms with Crippen LogP contribution in [-0.4, -0.2) is 35.9 Å². The van der Waals surface area contributed by atoms with Crippen molar-refractivity contribution in [2.45, 2.75) is 65.5 Å². The maximum absolute atomic E-state index is 13.6. The molecule has 1 N–H and O–H groups in total. The van der Waals surface area contributed by atoms with Gasteiger partial charge in [-0.2, -0.15) is 0 Å². The topological polar surface area (TPSA) is 58.6 Å². The van der Waals surface area contributed by atoms with E-state index in [1.54, 1.807) is 12.1 Å². The van der Waals surface area contributed by atoms with Crippen molar-refractivity contribution >= 4 is 11.8 Å². The number of carbonyl (C=O) groups excluding carboxylic acids is 2. The fourth-order valence-electron chi connectivity index (χ4n) is 4.25. The molecule has 6 heteroatoms. The lowest BCUT2D eigenvalue weighted by Crippen LogP contribution is -2.41. The zero-order chi connectivity index (χ0) is 24.0. The van der Waals surface area contributed by atoms with Gasteiger partial charge in [0.25, 0.3) is 5.91 Å². The van der Waals surface area contributed by atoms with Crippen molar-refractivity contribution in [1.29, 1.82) is 0 Å². The van der Waals surface area contributed by atoms with Crippen molar-refractivity contribution in [3.8, 4) is 5.75 Å². The average Bonchev–Trinajstić information content (AvgIpc) is 2.80. The van der Waals surface area contributed by atoms with E-state index < -0.39 is 6.10 Å². The van der Waals surface area contributed by atoms with Gasteiger partial charge in [0, 0.05) is 19.5 Å². The van der Waals surface area contributed by atoms with Gasteiger partial charge >= 0.3 is 0 Å². The van der Waals surface area contributed by atoms with E-state index in [1.165, 1.54) is 12.1 Å². The van der Waals surface area contributed by atoms with Crippen LogP contribution in [0, 0.1) is 11.7 Å². The second-order valence-electron chi connectivity index (χ2n) is 9.06. The maximum Gasteiger partial charge on any atom is 0.261 e. The Balaban J connectivity index is 1.96. The van der Waals surface area contributed by atoms with E-state index in [-0.39, 0.29) is 29.6 Å². The molecule has 2 aromatic carbocycles. The summed E-state index contributed by atoms with van der Waals surface area (Å²) < 4.78 is 19.7. The molecule has 0 aromatic heterocycles. The van der Waals surface area contributed by atoms with Gasteiger partial charge in [-0.3, -0.25) is 9.59 Å². The van der Waals surface area contributed by atoms with Crippen LogP contribution in [0.4, 0.5) is 4.39 Å². The van der Waals surface area contributed by atoms with Gasteiger partial charge in [0.05, 0.1) is 6.04 Å². The van der Waals surface area contributed by atoms with Gasteiger partial charge in [0.2, 0.25) is 5.91 Å². The Hall–Kier alpha value is -2.89. The Morgan fingerprint density at radius 2 is 1.88 bits per heavy atom. The summed E-state index contributed by atoms with van der Waals surface area (Å²) in [4.78, 5) is 27.5. The van der Waals surface area contributed by atoms with Crippen molar-refractivity contribution in [2.24, 2.45) is 5.92 Å². The van der Waals surface area contributed by atoms with Crippen molar-refractivity contribution in [2.75, 3.05) is 13.1 Å². The molecule has 0 aliphatic carbocycles. The maximum atomic E-state index is 13.6. The quantitative estimate of drug-likeness (QED) is 0.578. The van der Waals surface area contributed by atoms with Crippen molar-refractivity contribution in [3.63, 3.8) is 0 Å². The number of rotatable bonds is 9. The van der Waals surface area contributed by atoms with Crippen LogP contribution in [0.1, 0.15) is 69.7 Å². The van der Waals surface area contributed by atoms with E-state index in [4.69, 9.17) is 4.74 Å². The van der Waals surface area contributed by atoms with Crippen molar-refractivity contribution in [3.05, 3.63) is 65.0 Å². The standard InChI is InChI=1S/C27H35FN2O3/c1-5-14-29-27(32)24(6-2)33-22-12-9-19-13-15-30(25(31)16-18(3)4)26(23(19)17-22)20-7-10-21(28)11-8-20/h7-12,17-18,24,26H,5-6,13-16H2,1-4H3,(H,29,32)/t24-,26+/m0/s1. The molecule has 0 spiro atoms. The molecule has 33 heavy (non-hydrogen) atoms. The predicted molar refractivity (Wildman–Crippen MR) is 128 cm³/mol. The third kappa shape index (κ3) is 6.12. The summed E-state index contributed by atoms with van der Waals surface area (Å²) in [7, 11) is 0. The van der Waals surface area contributed by atoms with Gasteiger partial charge in [0.15, 0.2) is 6.10 Å². The van der Waals surface area contributed by atoms with E-state index in [1.807, 2.05) is 50.8 Å². The lowest BCUT2D eigenvalue weighted by Gasteiger charge is -2.38. The molecule has 1 aliphatic rings. The molecule has 2 amide bonds. The lowest BCUT2D eigenvalue weighted by atomic mass is 9.87. The summed E-state index contributed by atoms with van der Waals surface area (Å²) in [6.45, 7) is 9.21. The highest BCUT2D eigenvalue weighted by molar-refractivity contribution is 5.81. The number of carbonyl (C=O) groups is 2. The average molecular weight is 455 g/mol. The van der Waals surface area contributed by atoms with E-state index in [0.29, 0.717) is 31.7 Å². The number of fused-ring (bicyclic) bond motifs is 1. The van der Waals surface area contributed by atoms with Crippen LogP contribution >= 0.6 is 0 Å². The number of nitrogens with one attached hydrogen (secondary N) is 1. The SMILES string of the molecule is CCCNC(=O)[C@H](CC)Oc1ccc2c(c1)[C@@H](c1ccc(F)cc1)N(C(=O)CC(C)C)CC2. The fourth-order valence-corrected chi connectivity index (χ4v) is 4.25. The lowest BCUT2D eigenvalue weighted by molar-refractivity contribution is -0.134. The molecule has 0 bridgehead atoms. The molecule has 0 radical (unpaired) electrons. The summed E-state index contributed by atoms with van der Waals surface area (Å²) in [5.41, 5.74) is 2.96. The largest absolute Gasteiger partial charge is 0.481 e. The van der Waals surface area contributed by atoms with Crippen LogP contribution in [0.25, 0.3) is 0 Å². The monoisotopic (exact) mass is 454 g/mol. The van der Waals surface area contributed by atoms with E-state index in [9.17, 15) is 14.0 Å². The Bertz CT molecular complexity index is 958. The summed E-state index contributed by atoms with van der Waals surface area (Å²) in [6.07, 6.45) is 2.03. The minimum Gasteiger partial charge on any atom is -0.481 e. The molecule has 0 saturated carbocycles. The van der Waals surface area contributed by atoms with Gasteiger partial charge in [-0.1, -0.05) is 45.9 Å². The van der Waals surface area contributed by atoms with Gasteiger partial charge in [0.1, 0.15) is 11.6 Å². The highest BCUT2D eigenvalue weighted by Crippen LogP contribution is 2.38. The van der Waals surface area contributed by atoms with Gasteiger partial charge in [-0.15, -0.1) is 0 Å². The molecule has 0 unspecified atom stereocenters. The predicted octanol–water partition coefficient (Wildman–Crippen LogP) is 5.03. The third-order valence-corrected chi connectivity index (χ3v) is 5.93. The number of amides is 2. The van der Waals surface area contributed by atoms with Gasteiger partial charge in [-0.05, 0) is 66.1 Å². The zero-order valence-electron chi connectivity index (χ0n) is 20.1. The number of halogens is 1. The minimum absolute atomic E-state index is 0.0849. The number of benzene rings is 2. The first-order valence-electron chi connectivity index (χ1n) is 12.0. The first kappa shape index (κ1) is 24.7. The highest BCUT2D eigenvalue weighted by Gasteiger charge is 2.33. The Morgan fingerprint density at radius 3 is 2.52 bits per heavy atom. The molecule has 2 aromatic rings. The molecular formula is C27H35FN2O3. The van der Waals surface area contributed by atoms with Crippen LogP contribution < -0.4 is 10.1 Å². The number of hydrogen-bond acceptors (Lipinski definition) is 3. The van der Waals surface area contributed by atoms with Crippen molar-refractivity contribution in [1.82, 2.24) is 10.2 Å². The normalized spacial score (nSPS) is 16.3. The Kier molecular flexibility index (Phi) is 8.48. The second kappa shape index (κ2) is 11.3. The third-order valence-electron chi connectivity index (χ3n) is 5.93. The number of nitrogens with zero attached hydrogens (tertiary/aromatic N) is 1. The molecule has 1 heterocycles. The van der Waals surface area contributed by atoms with Crippen LogP contribution in [0.3, 0.4) is 0 Å². The highest BCUT2D eigenvalue weighted by atomic mass is 19.1. The molecule has 0 fully saturated rings. The number of ether oxygens (including phenoxy) is 1. The minimum atomic E-state index is -0.582. The van der Waals surface area contributed by atoms with E-state index in [2.05, 4.69) is 5.32 Å². The molecule has 5 nitrogen and oxygen atoms in total. The van der Waals surface area contributed by atoms with Gasteiger partial charge in [-0.25, -0.2) is 4.39 Å². The van der Waals surface area contributed by atoms with Crippen LogP contribution in [-0.2, 0) is 16.0 Å². The number of hydrogen-bond donors (Lipinski definition) is 1. The fraction of sp³-hybridized carbons (Fsp3) is 0.481. The molecule has 0 saturated heterocycles. The van der Waals surface area contributed by atoms with Gasteiger partial charge < -0.3 is 15.0 Å². The molecule has 2 atom stereocenters. The summed E-state index contributed by atoms with van der Waals surface area (Å²) in [5, 5.41) is 2.89. The molecular weight excluding hydrogens is 419 g/mol. The van der Waals surface area contributed by atoms with E-state index >= 15 is 0 Å². The molecule has 3 rings (SSSR count). The summed E-state index contributed by atoms with van der Waals surface area (Å²) in [6, 6.07) is 11.9. The van der Waals surface area contributed by atoms with Crippen molar-refractivity contribution < 1.29 is 18.7 Å². The van der Waals surface area contributed by atoms with Crippen LogP contribution in [0.2, 0.25) is 0 Å². The summed E-state index contributed by atoms with van der Waals surface area (Å²) in [5.74, 6) is 0.491. The molecule has 1 aliphatic heterocycles. The first-order valence-corrected chi connectivity index (χ1v) is 12.0. The van der Waals surface area contributed by atoms with Crippen LogP contribution in [0.5, 0.6) is 5.75 Å². The Labute approximate surface area is 196 Å². The van der Waals surface area contributed by atoms with E-state index in [0.717, 1.165) is 29.5 Å². The summed E-state index contributed by atoms with van der Waals surface area (Å²) >= 11 is 0. The first-order chi connectivity index (χ1) is 15.8. The Morgan fingerprint density at radius 1 is 1.15 bits per heavy atom. The zero-order valence-corrected chi connectivity index (χ0v) is 20.1. The second-order valence-corrected chi connectivity index (χ2v) is 9.06. The smallest absolute Gasteiger partial charge is 0.261 e. The molecule has 178 valence electrons. The van der Waals surface area contributed by atoms with Crippen LogP contribution in [0.15, 0.2) is 42.5 Å².